The minimum atomic E-state index is -3.14. The first-order valence-electron chi connectivity index (χ1n) is 8.14. The van der Waals surface area contributed by atoms with Crippen LogP contribution in [0.4, 0.5) is 0 Å². The Morgan fingerprint density at radius 1 is 1.18 bits per heavy atom. The lowest BCUT2D eigenvalue weighted by Gasteiger charge is -2.49. The number of hydrogen-bond donors (Lipinski definition) is 0. The highest BCUT2D eigenvalue weighted by molar-refractivity contribution is 7.93. The van der Waals surface area contributed by atoms with Crippen molar-refractivity contribution < 1.29 is 22.7 Å². The van der Waals surface area contributed by atoms with Gasteiger partial charge in [0.05, 0.1) is 12.4 Å². The lowest BCUT2D eigenvalue weighted by atomic mass is 9.83. The fraction of sp³-hybridized carbons (Fsp3) is 0.933. The maximum atomic E-state index is 12.4. The summed E-state index contributed by atoms with van der Waals surface area (Å²) in [6.45, 7) is 4.22. The number of amides is 1. The van der Waals surface area contributed by atoms with Gasteiger partial charge in [-0.1, -0.05) is 0 Å². The number of sulfone groups is 1. The molecule has 3 aliphatic rings. The lowest BCUT2D eigenvalue weighted by molar-refractivity contribution is -0.142. The van der Waals surface area contributed by atoms with Crippen molar-refractivity contribution >= 4 is 15.7 Å². The van der Waals surface area contributed by atoms with E-state index in [1.165, 1.54) is 12.8 Å². The highest BCUT2D eigenvalue weighted by atomic mass is 32.2. The predicted molar refractivity (Wildman–Crippen MR) is 81.2 cm³/mol. The van der Waals surface area contributed by atoms with Gasteiger partial charge in [-0.3, -0.25) is 4.79 Å². The Kier molecular flexibility index (Phi) is 4.49. The SMILES string of the molecule is CCOCC(=O)N1CC2(C1)[C@@H](COCC1CC1)CCS2(=O)=O. The van der Waals surface area contributed by atoms with Crippen molar-refractivity contribution in [2.24, 2.45) is 11.8 Å². The van der Waals surface area contributed by atoms with E-state index < -0.39 is 14.6 Å². The largest absolute Gasteiger partial charge is 0.381 e. The summed E-state index contributed by atoms with van der Waals surface area (Å²) in [6.07, 6.45) is 3.11. The standard InChI is InChI=1S/C15H25NO5S/c1-2-20-9-14(17)16-10-15(11-16)13(5-6-22(15,18)19)8-21-7-12-3-4-12/h12-13H,2-11H2,1H3/t13-/m1/s1. The summed E-state index contributed by atoms with van der Waals surface area (Å²) in [5.41, 5.74) is 0. The third-order valence-corrected chi connectivity index (χ3v) is 7.77. The van der Waals surface area contributed by atoms with Crippen LogP contribution in [-0.4, -0.2) is 69.2 Å². The van der Waals surface area contributed by atoms with Gasteiger partial charge in [0, 0.05) is 32.2 Å². The maximum Gasteiger partial charge on any atom is 0.248 e. The van der Waals surface area contributed by atoms with Gasteiger partial charge in [-0.15, -0.1) is 0 Å². The zero-order chi connectivity index (χ0) is 15.8. The molecule has 2 aliphatic heterocycles. The van der Waals surface area contributed by atoms with Gasteiger partial charge in [0.15, 0.2) is 9.84 Å². The second-order valence-corrected chi connectivity index (χ2v) is 9.19. The summed E-state index contributed by atoms with van der Waals surface area (Å²) in [5, 5.41) is 0. The van der Waals surface area contributed by atoms with Crippen LogP contribution in [0, 0.1) is 11.8 Å². The molecular formula is C15H25NO5S. The zero-order valence-electron chi connectivity index (χ0n) is 13.1. The van der Waals surface area contributed by atoms with Crippen molar-refractivity contribution in [3.8, 4) is 0 Å². The summed E-state index contributed by atoms with van der Waals surface area (Å²) >= 11 is 0. The smallest absolute Gasteiger partial charge is 0.248 e. The van der Waals surface area contributed by atoms with Crippen LogP contribution in [0.2, 0.25) is 0 Å². The Bertz CT molecular complexity index is 522. The second-order valence-electron chi connectivity index (χ2n) is 6.74. The van der Waals surface area contributed by atoms with E-state index >= 15 is 0 Å². The number of rotatable bonds is 7. The summed E-state index contributed by atoms with van der Waals surface area (Å²) < 4.78 is 35.0. The molecule has 126 valence electrons. The first-order chi connectivity index (χ1) is 10.5. The average molecular weight is 331 g/mol. The molecule has 0 aromatic heterocycles. The molecule has 1 aliphatic carbocycles. The van der Waals surface area contributed by atoms with Gasteiger partial charge in [0.25, 0.3) is 0 Å². The zero-order valence-corrected chi connectivity index (χ0v) is 13.9. The van der Waals surface area contributed by atoms with Crippen LogP contribution in [0.1, 0.15) is 26.2 Å². The third-order valence-electron chi connectivity index (χ3n) is 5.17. The van der Waals surface area contributed by atoms with E-state index in [2.05, 4.69) is 0 Å². The van der Waals surface area contributed by atoms with Crippen LogP contribution in [0.3, 0.4) is 0 Å². The fourth-order valence-corrected chi connectivity index (χ4v) is 5.83. The number of ether oxygens (including phenoxy) is 2. The molecule has 3 fully saturated rings. The first-order valence-corrected chi connectivity index (χ1v) is 9.79. The van der Waals surface area contributed by atoms with Gasteiger partial charge in [-0.05, 0) is 32.1 Å². The summed E-state index contributed by atoms with van der Waals surface area (Å²) in [5.74, 6) is 0.803. The van der Waals surface area contributed by atoms with Crippen LogP contribution in [0.25, 0.3) is 0 Å². The van der Waals surface area contributed by atoms with Crippen molar-refractivity contribution in [1.29, 1.82) is 0 Å². The molecule has 0 N–H and O–H groups in total. The van der Waals surface area contributed by atoms with Crippen molar-refractivity contribution in [3.05, 3.63) is 0 Å². The summed E-state index contributed by atoms with van der Waals surface area (Å²) in [6, 6.07) is 0. The third kappa shape index (κ3) is 2.90. The number of carbonyl (C=O) groups excluding carboxylic acids is 1. The quantitative estimate of drug-likeness (QED) is 0.678. The van der Waals surface area contributed by atoms with E-state index in [0.717, 1.165) is 6.61 Å². The van der Waals surface area contributed by atoms with Gasteiger partial charge in [-0.25, -0.2) is 8.42 Å². The van der Waals surface area contributed by atoms with Crippen LogP contribution in [0.15, 0.2) is 0 Å². The maximum absolute atomic E-state index is 12.4. The average Bonchev–Trinajstić information content (AvgIpc) is 3.19. The molecule has 6 nitrogen and oxygen atoms in total. The molecule has 2 heterocycles. The molecular weight excluding hydrogens is 306 g/mol. The molecule has 22 heavy (non-hydrogen) atoms. The Balaban J connectivity index is 1.57. The highest BCUT2D eigenvalue weighted by Crippen LogP contribution is 2.45. The van der Waals surface area contributed by atoms with Crippen LogP contribution in [0.5, 0.6) is 0 Å². The number of hydrogen-bond acceptors (Lipinski definition) is 5. The molecule has 0 radical (unpaired) electrons. The number of likely N-dealkylation sites (tertiary alicyclic amines) is 1. The van der Waals surface area contributed by atoms with E-state index in [0.29, 0.717) is 38.6 Å². The van der Waals surface area contributed by atoms with Crippen molar-refractivity contribution in [3.63, 3.8) is 0 Å². The molecule has 0 unspecified atom stereocenters. The van der Waals surface area contributed by atoms with E-state index in [9.17, 15) is 13.2 Å². The summed E-state index contributed by atoms with van der Waals surface area (Å²) in [7, 11) is -3.14. The minimum Gasteiger partial charge on any atom is -0.381 e. The second kappa shape index (κ2) is 6.09. The number of nitrogens with zero attached hydrogens (tertiary/aromatic N) is 1. The van der Waals surface area contributed by atoms with Gasteiger partial charge in [0.1, 0.15) is 11.4 Å². The molecule has 3 rings (SSSR count). The minimum absolute atomic E-state index is 0.0207. The monoisotopic (exact) mass is 331 g/mol. The Labute approximate surface area is 132 Å². The Hall–Kier alpha value is -0.660. The van der Waals surface area contributed by atoms with Crippen LogP contribution >= 0.6 is 0 Å². The molecule has 0 aromatic carbocycles. The molecule has 1 atom stereocenters. The highest BCUT2D eigenvalue weighted by Gasteiger charge is 2.62. The molecule has 7 heteroatoms. The van der Waals surface area contributed by atoms with Crippen molar-refractivity contribution in [2.45, 2.75) is 30.9 Å². The van der Waals surface area contributed by atoms with Crippen molar-refractivity contribution in [1.82, 2.24) is 4.90 Å². The van der Waals surface area contributed by atoms with E-state index in [1.807, 2.05) is 6.92 Å². The van der Waals surface area contributed by atoms with Crippen LogP contribution < -0.4 is 0 Å². The van der Waals surface area contributed by atoms with E-state index in [1.54, 1.807) is 4.90 Å². The van der Waals surface area contributed by atoms with E-state index in [4.69, 9.17) is 9.47 Å². The Morgan fingerprint density at radius 2 is 1.91 bits per heavy atom. The number of carbonyl (C=O) groups is 1. The first kappa shape index (κ1) is 16.2. The van der Waals surface area contributed by atoms with Gasteiger partial charge in [-0.2, -0.15) is 0 Å². The fourth-order valence-electron chi connectivity index (χ4n) is 3.43. The normalized spacial score (nSPS) is 28.8. The molecule has 2 saturated heterocycles. The molecule has 1 spiro atoms. The predicted octanol–water partition coefficient (Wildman–Crippen LogP) is 0.465. The topological polar surface area (TPSA) is 72.9 Å². The Morgan fingerprint density at radius 3 is 2.55 bits per heavy atom. The molecule has 0 bridgehead atoms. The molecule has 1 amide bonds. The lowest BCUT2D eigenvalue weighted by Crippen LogP contribution is -2.69. The summed E-state index contributed by atoms with van der Waals surface area (Å²) in [4.78, 5) is 13.5. The van der Waals surface area contributed by atoms with Gasteiger partial charge < -0.3 is 14.4 Å². The van der Waals surface area contributed by atoms with E-state index in [-0.39, 0.29) is 24.2 Å². The van der Waals surface area contributed by atoms with Gasteiger partial charge in [0.2, 0.25) is 5.91 Å². The molecule has 1 saturated carbocycles. The van der Waals surface area contributed by atoms with Crippen molar-refractivity contribution in [2.75, 3.05) is 45.3 Å². The van der Waals surface area contributed by atoms with Gasteiger partial charge >= 0.3 is 0 Å². The van der Waals surface area contributed by atoms with Crippen LogP contribution in [-0.2, 0) is 24.1 Å². The molecule has 0 aromatic rings.